The predicted molar refractivity (Wildman–Crippen MR) is 124 cm³/mol. The zero-order valence-corrected chi connectivity index (χ0v) is 20.1. The van der Waals surface area contributed by atoms with E-state index in [2.05, 4.69) is 37.5 Å². The quantitative estimate of drug-likeness (QED) is 0.275. The van der Waals surface area contributed by atoms with E-state index in [9.17, 15) is 9.18 Å². The van der Waals surface area contributed by atoms with Crippen molar-refractivity contribution in [2.75, 3.05) is 5.75 Å². The van der Waals surface area contributed by atoms with Gasteiger partial charge in [-0.15, -0.1) is 16.8 Å². The van der Waals surface area contributed by atoms with Gasteiger partial charge in [-0.1, -0.05) is 77.1 Å². The summed E-state index contributed by atoms with van der Waals surface area (Å²) in [6.07, 6.45) is 3.52. The molecule has 0 fully saturated rings. The van der Waals surface area contributed by atoms with Crippen molar-refractivity contribution in [3.63, 3.8) is 0 Å². The third-order valence-corrected chi connectivity index (χ3v) is 5.68. The Kier molecular flexibility index (Phi) is 8.23. The minimum absolute atomic E-state index is 0.0901. The van der Waals surface area contributed by atoms with Crippen LogP contribution in [0, 0.1) is 16.6 Å². The van der Waals surface area contributed by atoms with E-state index in [1.54, 1.807) is 30.4 Å². The Morgan fingerprint density at radius 3 is 2.42 bits per heavy atom. The Bertz CT molecular complexity index is 952. The van der Waals surface area contributed by atoms with Gasteiger partial charge in [-0.25, -0.2) is 4.39 Å². The van der Waals surface area contributed by atoms with E-state index < -0.39 is 11.2 Å². The molecule has 1 aromatic carbocycles. The second-order valence-corrected chi connectivity index (χ2v) is 10.3. The first-order valence-corrected chi connectivity index (χ1v) is 11.2. The fraction of sp³-hybridized carbons (Fsp3) is 0.458. The van der Waals surface area contributed by atoms with Gasteiger partial charge in [0.05, 0.1) is 0 Å². The Balaban J connectivity index is 2.20. The fourth-order valence-electron chi connectivity index (χ4n) is 2.54. The lowest BCUT2D eigenvalue weighted by Crippen LogP contribution is -2.21. The minimum atomic E-state index is -0.429. The number of aromatic nitrogens is 3. The second-order valence-electron chi connectivity index (χ2n) is 9.34. The topological polar surface area (TPSA) is 57.0 Å². The first kappa shape index (κ1) is 24.9. The van der Waals surface area contributed by atoms with Crippen LogP contribution in [0.3, 0.4) is 0 Å². The Morgan fingerprint density at radius 1 is 1.16 bits per heavy atom. The lowest BCUT2D eigenvalue weighted by molar-refractivity contribution is -0.121. The molecule has 1 aromatic heterocycles. The van der Waals surface area contributed by atoms with Crippen molar-refractivity contribution in [2.45, 2.75) is 59.9 Å². The Labute approximate surface area is 188 Å². The molecule has 0 aliphatic rings. The number of carbonyl (C=O) groups excluding carboxylic acids is 1. The van der Waals surface area contributed by atoms with Crippen LogP contribution in [0.4, 0.5) is 4.39 Å². The molecule has 0 bridgehead atoms. The van der Waals surface area contributed by atoms with Gasteiger partial charge in [-0.3, -0.25) is 9.36 Å². The van der Waals surface area contributed by atoms with Crippen molar-refractivity contribution in [3.05, 3.63) is 60.2 Å². The number of carbonyl (C=O) groups is 1. The highest BCUT2D eigenvalue weighted by molar-refractivity contribution is 7.99. The second kappa shape index (κ2) is 10.3. The number of nitrogens with zero attached hydrogens (tertiary/aromatic N) is 3. The molecule has 7 heteroatoms. The summed E-state index contributed by atoms with van der Waals surface area (Å²) in [7, 11) is 0. The number of ether oxygens (including phenoxy) is 1. The summed E-state index contributed by atoms with van der Waals surface area (Å²) < 4.78 is 21.3. The average Bonchev–Trinajstić information content (AvgIpc) is 3.04. The average molecular weight is 446 g/mol. The first-order valence-electron chi connectivity index (χ1n) is 10.2. The highest BCUT2D eigenvalue weighted by Gasteiger charge is 2.25. The summed E-state index contributed by atoms with van der Waals surface area (Å²) in [5.74, 6) is 1.04. The van der Waals surface area contributed by atoms with E-state index in [0.29, 0.717) is 23.3 Å². The first-order chi connectivity index (χ1) is 14.4. The number of allylic oxidation sites excluding steroid dienone is 2. The number of thioether (sulfide) groups is 1. The maximum atomic E-state index is 13.8. The van der Waals surface area contributed by atoms with Crippen LogP contribution >= 0.6 is 11.8 Å². The highest BCUT2D eigenvalue weighted by atomic mass is 32.2. The third kappa shape index (κ3) is 7.06. The van der Waals surface area contributed by atoms with E-state index in [0.717, 1.165) is 5.57 Å². The van der Waals surface area contributed by atoms with Crippen LogP contribution in [0.25, 0.3) is 0 Å². The van der Waals surface area contributed by atoms with Crippen LogP contribution < -0.4 is 4.74 Å². The van der Waals surface area contributed by atoms with Crippen LogP contribution in [-0.2, 0) is 17.9 Å². The molecule has 0 N–H and O–H groups in total. The number of para-hydroxylation sites is 1. The summed E-state index contributed by atoms with van der Waals surface area (Å²) >= 11 is 1.51. The SMILES string of the molecule is C=CCn1c(COc2ccccc2F)nnc1SCC(=CC(=O)C(C)(C)C)C(C)(C)C. The molecule has 5 nitrogen and oxygen atoms in total. The van der Waals surface area contributed by atoms with E-state index >= 15 is 0 Å². The summed E-state index contributed by atoms with van der Waals surface area (Å²) in [4.78, 5) is 12.6. The number of halogens is 1. The fourth-order valence-corrected chi connectivity index (χ4v) is 3.78. The van der Waals surface area contributed by atoms with Crippen molar-refractivity contribution in [2.24, 2.45) is 10.8 Å². The Hall–Kier alpha value is -2.41. The van der Waals surface area contributed by atoms with Crippen LogP contribution in [0.1, 0.15) is 47.4 Å². The van der Waals surface area contributed by atoms with E-state index in [-0.39, 0.29) is 23.6 Å². The van der Waals surface area contributed by atoms with Crippen molar-refractivity contribution in [1.29, 1.82) is 0 Å². The van der Waals surface area contributed by atoms with Gasteiger partial charge in [-0.05, 0) is 23.6 Å². The highest BCUT2D eigenvalue weighted by Crippen LogP contribution is 2.32. The molecular weight excluding hydrogens is 413 g/mol. The molecular formula is C24H32FN3O2S. The number of ketones is 1. The smallest absolute Gasteiger partial charge is 0.191 e. The number of hydrogen-bond donors (Lipinski definition) is 0. The van der Waals surface area contributed by atoms with Gasteiger partial charge >= 0.3 is 0 Å². The molecule has 2 rings (SSSR count). The van der Waals surface area contributed by atoms with Crippen molar-refractivity contribution in [3.8, 4) is 5.75 Å². The molecule has 31 heavy (non-hydrogen) atoms. The normalized spacial score (nSPS) is 12.7. The maximum absolute atomic E-state index is 13.8. The summed E-state index contributed by atoms with van der Waals surface area (Å²) in [6, 6.07) is 6.26. The molecule has 168 valence electrons. The standard InChI is InChI=1S/C24H32FN3O2S/c1-8-13-28-21(15-30-19-12-10-9-11-18(19)25)26-27-22(28)31-16-17(23(2,3)4)14-20(29)24(5,6)7/h8-12,14H,1,13,15-16H2,2-7H3. The van der Waals surface area contributed by atoms with Gasteiger partial charge < -0.3 is 4.74 Å². The molecule has 0 aliphatic heterocycles. The van der Waals surface area contributed by atoms with E-state index in [1.807, 2.05) is 25.3 Å². The van der Waals surface area contributed by atoms with Crippen LogP contribution in [0.5, 0.6) is 5.75 Å². The van der Waals surface area contributed by atoms with Gasteiger partial charge in [0.15, 0.2) is 28.3 Å². The third-order valence-electron chi connectivity index (χ3n) is 4.66. The molecule has 0 saturated heterocycles. The van der Waals surface area contributed by atoms with Crippen LogP contribution in [-0.4, -0.2) is 26.3 Å². The molecule has 0 atom stereocenters. The zero-order valence-electron chi connectivity index (χ0n) is 19.2. The van der Waals surface area contributed by atoms with Gasteiger partial charge in [0.1, 0.15) is 6.61 Å². The van der Waals surface area contributed by atoms with Crippen LogP contribution in [0.15, 0.2) is 53.7 Å². The Morgan fingerprint density at radius 2 is 1.84 bits per heavy atom. The summed E-state index contributed by atoms with van der Waals surface area (Å²) in [5, 5.41) is 9.22. The molecule has 2 aromatic rings. The number of hydrogen-bond acceptors (Lipinski definition) is 5. The predicted octanol–water partition coefficient (Wildman–Crippen LogP) is 5.86. The molecule has 0 saturated carbocycles. The summed E-state index contributed by atoms with van der Waals surface area (Å²) in [6.45, 7) is 16.4. The van der Waals surface area contributed by atoms with Crippen LogP contribution in [0.2, 0.25) is 0 Å². The van der Waals surface area contributed by atoms with Crippen molar-refractivity contribution in [1.82, 2.24) is 14.8 Å². The largest absolute Gasteiger partial charge is 0.483 e. The number of rotatable bonds is 9. The van der Waals surface area contributed by atoms with Crippen molar-refractivity contribution < 1.29 is 13.9 Å². The van der Waals surface area contributed by atoms with E-state index in [4.69, 9.17) is 4.74 Å². The minimum Gasteiger partial charge on any atom is -0.483 e. The monoisotopic (exact) mass is 445 g/mol. The molecule has 0 unspecified atom stereocenters. The van der Waals surface area contributed by atoms with Gasteiger partial charge in [0.2, 0.25) is 0 Å². The zero-order chi connectivity index (χ0) is 23.2. The lowest BCUT2D eigenvalue weighted by atomic mass is 9.83. The van der Waals surface area contributed by atoms with Gasteiger partial charge in [0, 0.05) is 17.7 Å². The molecule has 0 amide bonds. The summed E-state index contributed by atoms with van der Waals surface area (Å²) in [5.41, 5.74) is 0.449. The van der Waals surface area contributed by atoms with Crippen molar-refractivity contribution >= 4 is 17.5 Å². The lowest BCUT2D eigenvalue weighted by Gasteiger charge is -2.24. The van der Waals surface area contributed by atoms with E-state index in [1.165, 1.54) is 17.8 Å². The molecule has 0 spiro atoms. The maximum Gasteiger partial charge on any atom is 0.191 e. The molecule has 0 radical (unpaired) electrons. The molecule has 0 aliphatic carbocycles. The van der Waals surface area contributed by atoms with Gasteiger partial charge in [0.25, 0.3) is 0 Å². The van der Waals surface area contributed by atoms with Gasteiger partial charge in [-0.2, -0.15) is 0 Å². The molecule has 1 heterocycles. The number of benzene rings is 1.